The molecule has 3 heterocycles. The van der Waals surface area contributed by atoms with Crippen LogP contribution < -0.4 is 10.1 Å². The number of hydrogen-bond donors (Lipinski definition) is 1. The van der Waals surface area contributed by atoms with Crippen molar-refractivity contribution in [3.8, 4) is 17.1 Å². The number of halogens is 3. The molecule has 0 saturated heterocycles. The summed E-state index contributed by atoms with van der Waals surface area (Å²) in [4.78, 5) is 28.3. The summed E-state index contributed by atoms with van der Waals surface area (Å²) in [5.74, 6) is 0.388. The van der Waals surface area contributed by atoms with Gasteiger partial charge in [-0.15, -0.1) is 13.2 Å². The van der Waals surface area contributed by atoms with Crippen LogP contribution in [0.1, 0.15) is 56.8 Å². The van der Waals surface area contributed by atoms with Crippen LogP contribution in [0.25, 0.3) is 16.9 Å². The van der Waals surface area contributed by atoms with Gasteiger partial charge in [-0.05, 0) is 51.7 Å². The predicted molar refractivity (Wildman–Crippen MR) is 144 cm³/mol. The molecular formula is C28H35F3N6O2. The van der Waals surface area contributed by atoms with E-state index in [0.29, 0.717) is 36.8 Å². The number of pyridine rings is 1. The molecule has 0 aliphatic carbocycles. The molecule has 0 fully saturated rings. The van der Waals surface area contributed by atoms with Gasteiger partial charge >= 0.3 is 12.2 Å². The summed E-state index contributed by atoms with van der Waals surface area (Å²) in [6.45, 7) is 13.6. The van der Waals surface area contributed by atoms with Gasteiger partial charge in [0.2, 0.25) is 5.65 Å². The maximum absolute atomic E-state index is 13.1. The molecule has 0 spiro atoms. The fourth-order valence-electron chi connectivity index (χ4n) is 4.22. The molecule has 0 unspecified atom stereocenters. The molecule has 3 aromatic heterocycles. The molecule has 1 N–H and O–H groups in total. The van der Waals surface area contributed by atoms with E-state index in [1.165, 1.54) is 6.08 Å². The van der Waals surface area contributed by atoms with Crippen LogP contribution in [0.3, 0.4) is 0 Å². The molecule has 0 aromatic carbocycles. The van der Waals surface area contributed by atoms with Gasteiger partial charge in [0.25, 0.3) is 5.88 Å². The van der Waals surface area contributed by atoms with Gasteiger partial charge in [0.15, 0.2) is 0 Å². The van der Waals surface area contributed by atoms with Gasteiger partial charge in [0.1, 0.15) is 0 Å². The summed E-state index contributed by atoms with van der Waals surface area (Å²) in [5.41, 5.74) is 3.46. The lowest BCUT2D eigenvalue weighted by atomic mass is 10.0. The molecule has 39 heavy (non-hydrogen) atoms. The van der Waals surface area contributed by atoms with E-state index in [1.54, 1.807) is 29.6 Å². The lowest BCUT2D eigenvalue weighted by Crippen LogP contribution is -2.46. The van der Waals surface area contributed by atoms with Crippen LogP contribution in [-0.4, -0.2) is 55.7 Å². The number of ether oxygens (including phenoxy) is 1. The number of hydrogen-bond acceptors (Lipinski definition) is 5. The van der Waals surface area contributed by atoms with Gasteiger partial charge in [-0.2, -0.15) is 13.2 Å². The zero-order chi connectivity index (χ0) is 28.6. The van der Waals surface area contributed by atoms with Crippen LogP contribution in [0.2, 0.25) is 0 Å². The van der Waals surface area contributed by atoms with Crippen molar-refractivity contribution in [2.75, 3.05) is 13.2 Å². The Labute approximate surface area is 226 Å². The smallest absolute Gasteiger partial charge is 0.389 e. The second-order valence-electron chi connectivity index (χ2n) is 9.20. The topological polar surface area (TPSA) is 84.6 Å². The molecule has 2 atom stereocenters. The minimum atomic E-state index is -4.30. The largest absolute Gasteiger partial charge is 0.475 e. The van der Waals surface area contributed by atoms with Crippen molar-refractivity contribution < 1.29 is 22.7 Å². The summed E-state index contributed by atoms with van der Waals surface area (Å²) in [6.07, 6.45) is 5.68. The minimum Gasteiger partial charge on any atom is -0.475 e. The van der Waals surface area contributed by atoms with Crippen molar-refractivity contribution in [2.24, 2.45) is 0 Å². The van der Waals surface area contributed by atoms with E-state index in [2.05, 4.69) is 28.4 Å². The Morgan fingerprint density at radius 1 is 1.28 bits per heavy atom. The predicted octanol–water partition coefficient (Wildman–Crippen LogP) is 6.43. The second kappa shape index (κ2) is 13.3. The number of alkyl halides is 3. The summed E-state index contributed by atoms with van der Waals surface area (Å²) in [5, 5.41) is 2.75. The number of aryl methyl sites for hydroxylation is 1. The Morgan fingerprint density at radius 3 is 2.72 bits per heavy atom. The fraction of sp³-hybridized carbons (Fsp3) is 0.429. The molecule has 2 amide bonds. The number of rotatable bonds is 13. The quantitative estimate of drug-likeness (QED) is 0.198. The van der Waals surface area contributed by atoms with Crippen molar-refractivity contribution in [1.82, 2.24) is 29.6 Å². The van der Waals surface area contributed by atoms with E-state index in [1.807, 2.05) is 37.4 Å². The highest BCUT2D eigenvalue weighted by Gasteiger charge is 2.30. The molecule has 0 saturated carbocycles. The third-order valence-corrected chi connectivity index (χ3v) is 6.39. The van der Waals surface area contributed by atoms with Crippen molar-refractivity contribution in [2.45, 2.75) is 64.7 Å². The number of aromatic nitrogens is 4. The lowest BCUT2D eigenvalue weighted by Gasteiger charge is -2.31. The normalized spacial score (nSPS) is 13.1. The van der Waals surface area contributed by atoms with Crippen LogP contribution >= 0.6 is 0 Å². The number of nitrogens with one attached hydrogen (secondary N) is 1. The van der Waals surface area contributed by atoms with Gasteiger partial charge in [-0.25, -0.2) is 14.8 Å². The average Bonchev–Trinajstić information content (AvgIpc) is 3.37. The monoisotopic (exact) mass is 544 g/mol. The van der Waals surface area contributed by atoms with E-state index in [-0.39, 0.29) is 12.8 Å². The van der Waals surface area contributed by atoms with E-state index in [4.69, 9.17) is 9.72 Å². The number of imidazole rings is 1. The number of carbonyl (C=O) groups is 1. The summed E-state index contributed by atoms with van der Waals surface area (Å²) in [7, 11) is 0. The van der Waals surface area contributed by atoms with Crippen molar-refractivity contribution >= 4 is 11.7 Å². The number of amides is 2. The Hall–Kier alpha value is -3.89. The molecule has 0 aliphatic heterocycles. The molecule has 0 radical (unpaired) electrons. The van der Waals surface area contributed by atoms with Gasteiger partial charge < -0.3 is 19.4 Å². The number of nitrogens with zero attached hydrogens (tertiary/aromatic N) is 5. The van der Waals surface area contributed by atoms with Crippen LogP contribution in [0.5, 0.6) is 5.88 Å². The van der Waals surface area contributed by atoms with Gasteiger partial charge in [0.05, 0.1) is 18.3 Å². The Bertz CT molecular complexity index is 1290. The van der Waals surface area contributed by atoms with Crippen molar-refractivity contribution in [3.05, 3.63) is 67.4 Å². The van der Waals surface area contributed by atoms with E-state index < -0.39 is 30.7 Å². The standard InChI is InChI=1S/C28H35F3N6O2/c1-6-9-15-39-26-25-32-13-14-36(25)18-24(35-26)23-16-21(17-33-19(23)4)20(5)37(8-3)27(38)34-22(10-7-2)11-12-28(29,30)31/h6-7,13-14,16-18,20,22H,1-2,8-12,15H2,3-5H3,(H,34,38)/t20-,22-/m1/s1. The van der Waals surface area contributed by atoms with E-state index in [0.717, 1.165) is 16.8 Å². The first-order chi connectivity index (χ1) is 18.6. The molecular weight excluding hydrogens is 509 g/mol. The maximum Gasteiger partial charge on any atom is 0.389 e. The zero-order valence-corrected chi connectivity index (χ0v) is 22.5. The molecule has 3 aromatic rings. The average molecular weight is 545 g/mol. The highest BCUT2D eigenvalue weighted by Crippen LogP contribution is 2.29. The highest BCUT2D eigenvalue weighted by atomic mass is 19.4. The molecule has 0 bridgehead atoms. The van der Waals surface area contributed by atoms with Gasteiger partial charge in [0, 0.05) is 55.1 Å². The summed E-state index contributed by atoms with van der Waals surface area (Å²) in [6, 6.07) is 0.397. The second-order valence-corrected chi connectivity index (χ2v) is 9.20. The molecule has 8 nitrogen and oxygen atoms in total. The van der Waals surface area contributed by atoms with Crippen LogP contribution in [0.15, 0.2) is 56.2 Å². The lowest BCUT2D eigenvalue weighted by molar-refractivity contribution is -0.136. The zero-order valence-electron chi connectivity index (χ0n) is 22.5. The fourth-order valence-corrected chi connectivity index (χ4v) is 4.22. The van der Waals surface area contributed by atoms with E-state index >= 15 is 0 Å². The van der Waals surface area contributed by atoms with Crippen LogP contribution in [0.4, 0.5) is 18.0 Å². The minimum absolute atomic E-state index is 0.219. The third kappa shape index (κ3) is 7.81. The number of fused-ring (bicyclic) bond motifs is 1. The molecule has 11 heteroatoms. The highest BCUT2D eigenvalue weighted by molar-refractivity contribution is 5.75. The summed E-state index contributed by atoms with van der Waals surface area (Å²) < 4.78 is 46.0. The third-order valence-electron chi connectivity index (χ3n) is 6.39. The SMILES string of the molecule is C=CCCOc1nc(-c2cc([C@@H](C)N(CC)C(=O)N[C@H](CC=C)CCC(F)(F)F)cnc2C)cn2ccnc12. The molecule has 3 rings (SSSR count). The first-order valence-corrected chi connectivity index (χ1v) is 12.9. The Balaban J connectivity index is 1.87. The number of urea groups is 1. The van der Waals surface area contributed by atoms with Gasteiger partial charge in [-0.3, -0.25) is 4.98 Å². The summed E-state index contributed by atoms with van der Waals surface area (Å²) >= 11 is 0. The molecule has 210 valence electrons. The van der Waals surface area contributed by atoms with Gasteiger partial charge in [-0.1, -0.05) is 12.2 Å². The first kappa shape index (κ1) is 29.7. The van der Waals surface area contributed by atoms with Crippen molar-refractivity contribution in [1.29, 1.82) is 0 Å². The van der Waals surface area contributed by atoms with E-state index in [9.17, 15) is 18.0 Å². The Kier molecular flexibility index (Phi) is 10.1. The van der Waals surface area contributed by atoms with Crippen LogP contribution in [0, 0.1) is 6.92 Å². The van der Waals surface area contributed by atoms with Crippen LogP contribution in [-0.2, 0) is 0 Å². The Morgan fingerprint density at radius 2 is 2.05 bits per heavy atom. The molecule has 0 aliphatic rings. The van der Waals surface area contributed by atoms with Crippen molar-refractivity contribution in [3.63, 3.8) is 0 Å². The maximum atomic E-state index is 13.1. The number of carbonyl (C=O) groups excluding carboxylic acids is 1. The first-order valence-electron chi connectivity index (χ1n) is 12.9.